The number of aryl methyl sites for hydroxylation is 1. The molecule has 96 valence electrons. The van der Waals surface area contributed by atoms with Crippen molar-refractivity contribution in [1.29, 1.82) is 0 Å². The summed E-state index contributed by atoms with van der Waals surface area (Å²) >= 11 is 3.34. The van der Waals surface area contributed by atoms with Crippen LogP contribution in [0.25, 0.3) is 11.3 Å². The second-order valence-electron chi connectivity index (χ2n) is 4.12. The summed E-state index contributed by atoms with van der Waals surface area (Å²) in [6, 6.07) is 4.83. The lowest BCUT2D eigenvalue weighted by Gasteiger charge is -2.08. The van der Waals surface area contributed by atoms with E-state index in [-0.39, 0.29) is 12.4 Å². The van der Waals surface area contributed by atoms with E-state index < -0.39 is 0 Å². The van der Waals surface area contributed by atoms with E-state index in [0.717, 1.165) is 21.7 Å². The zero-order chi connectivity index (χ0) is 13.3. The third-order valence-electron chi connectivity index (χ3n) is 2.88. The Balaban J connectivity index is 2.60. The van der Waals surface area contributed by atoms with Crippen LogP contribution in [0.4, 0.5) is 4.39 Å². The summed E-state index contributed by atoms with van der Waals surface area (Å²) < 4.78 is 16.6. The number of halogens is 2. The molecule has 0 unspecified atom stereocenters. The summed E-state index contributed by atoms with van der Waals surface area (Å²) in [5.74, 6) is 0.476. The summed E-state index contributed by atoms with van der Waals surface area (Å²) in [7, 11) is 1.83. The predicted octanol–water partition coefficient (Wildman–Crippen LogP) is 2.83. The van der Waals surface area contributed by atoms with Gasteiger partial charge in [-0.2, -0.15) is 0 Å². The monoisotopic (exact) mass is 312 g/mol. The van der Waals surface area contributed by atoms with Crippen LogP contribution in [0.2, 0.25) is 0 Å². The van der Waals surface area contributed by atoms with Crippen LogP contribution in [0.15, 0.2) is 22.7 Å². The largest absolute Gasteiger partial charge is 0.396 e. The summed E-state index contributed by atoms with van der Waals surface area (Å²) in [4.78, 5) is 4.37. The second kappa shape index (κ2) is 5.20. The number of nitrogens with zero attached hydrogens (tertiary/aromatic N) is 2. The number of hydrogen-bond donors (Lipinski definition) is 1. The average molecular weight is 313 g/mol. The van der Waals surface area contributed by atoms with Gasteiger partial charge in [0.2, 0.25) is 0 Å². The van der Waals surface area contributed by atoms with Crippen molar-refractivity contribution in [3.05, 3.63) is 40.0 Å². The van der Waals surface area contributed by atoms with E-state index in [1.54, 1.807) is 12.1 Å². The lowest BCUT2D eigenvalue weighted by atomic mass is 10.1. The summed E-state index contributed by atoms with van der Waals surface area (Å²) in [6.45, 7) is 1.88. The molecule has 0 aliphatic carbocycles. The van der Waals surface area contributed by atoms with Gasteiger partial charge in [-0.1, -0.05) is 15.9 Å². The zero-order valence-corrected chi connectivity index (χ0v) is 11.8. The Hall–Kier alpha value is -1.20. The van der Waals surface area contributed by atoms with Crippen LogP contribution in [0.1, 0.15) is 11.5 Å². The molecule has 1 aromatic heterocycles. The Morgan fingerprint density at radius 3 is 2.83 bits per heavy atom. The van der Waals surface area contributed by atoms with Crippen molar-refractivity contribution in [2.45, 2.75) is 13.3 Å². The maximum atomic E-state index is 13.9. The highest BCUT2D eigenvalue weighted by Crippen LogP contribution is 2.29. The molecular formula is C13H14BrFN2O. The van der Waals surface area contributed by atoms with E-state index in [1.807, 2.05) is 18.5 Å². The molecule has 0 spiro atoms. The van der Waals surface area contributed by atoms with E-state index in [1.165, 1.54) is 6.07 Å². The van der Waals surface area contributed by atoms with Gasteiger partial charge < -0.3 is 9.67 Å². The van der Waals surface area contributed by atoms with Crippen molar-refractivity contribution in [1.82, 2.24) is 9.55 Å². The smallest absolute Gasteiger partial charge is 0.132 e. The van der Waals surface area contributed by atoms with E-state index in [0.29, 0.717) is 12.0 Å². The van der Waals surface area contributed by atoms with Crippen molar-refractivity contribution in [2.75, 3.05) is 6.61 Å². The van der Waals surface area contributed by atoms with Gasteiger partial charge in [0.1, 0.15) is 11.6 Å². The Morgan fingerprint density at radius 1 is 1.44 bits per heavy atom. The highest BCUT2D eigenvalue weighted by atomic mass is 79.9. The van der Waals surface area contributed by atoms with Crippen LogP contribution in [-0.4, -0.2) is 21.3 Å². The van der Waals surface area contributed by atoms with Crippen molar-refractivity contribution >= 4 is 15.9 Å². The van der Waals surface area contributed by atoms with Crippen molar-refractivity contribution in [3.63, 3.8) is 0 Å². The van der Waals surface area contributed by atoms with Gasteiger partial charge in [-0.15, -0.1) is 0 Å². The van der Waals surface area contributed by atoms with Gasteiger partial charge in [0.25, 0.3) is 0 Å². The van der Waals surface area contributed by atoms with Gasteiger partial charge >= 0.3 is 0 Å². The summed E-state index contributed by atoms with van der Waals surface area (Å²) in [6.07, 6.45) is 0.465. The molecule has 0 atom stereocenters. The van der Waals surface area contributed by atoms with Gasteiger partial charge in [-0.25, -0.2) is 9.37 Å². The molecule has 0 fully saturated rings. The number of aliphatic hydroxyl groups is 1. The molecule has 0 aliphatic rings. The maximum absolute atomic E-state index is 13.9. The second-order valence-corrected chi connectivity index (χ2v) is 5.03. The van der Waals surface area contributed by atoms with Crippen LogP contribution in [-0.2, 0) is 13.5 Å². The molecule has 0 aliphatic heterocycles. The van der Waals surface area contributed by atoms with Gasteiger partial charge in [0.05, 0.1) is 18.0 Å². The molecule has 2 aromatic rings. The summed E-state index contributed by atoms with van der Waals surface area (Å²) in [5, 5.41) is 8.98. The van der Waals surface area contributed by atoms with Crippen LogP contribution in [0, 0.1) is 12.7 Å². The number of benzene rings is 1. The molecule has 18 heavy (non-hydrogen) atoms. The quantitative estimate of drug-likeness (QED) is 0.946. The lowest BCUT2D eigenvalue weighted by molar-refractivity contribution is 0.295. The fourth-order valence-electron chi connectivity index (χ4n) is 2.07. The third-order valence-corrected chi connectivity index (χ3v) is 3.37. The minimum Gasteiger partial charge on any atom is -0.396 e. The van der Waals surface area contributed by atoms with Crippen molar-refractivity contribution < 1.29 is 9.50 Å². The SMILES string of the molecule is Cc1nc(CCO)n(C)c1-c1cc(Br)ccc1F. The minimum absolute atomic E-state index is 0.0324. The molecule has 1 heterocycles. The van der Waals surface area contributed by atoms with Gasteiger partial charge in [-0.3, -0.25) is 0 Å². The minimum atomic E-state index is -0.278. The first kappa shape index (κ1) is 13.2. The zero-order valence-electron chi connectivity index (χ0n) is 10.2. The van der Waals surface area contributed by atoms with Crippen LogP contribution in [0.3, 0.4) is 0 Å². The Bertz CT molecular complexity index is 581. The van der Waals surface area contributed by atoms with Gasteiger partial charge in [-0.05, 0) is 25.1 Å². The van der Waals surface area contributed by atoms with Crippen molar-refractivity contribution in [3.8, 4) is 11.3 Å². The molecular weight excluding hydrogens is 299 g/mol. The lowest BCUT2D eigenvalue weighted by Crippen LogP contribution is -2.02. The van der Waals surface area contributed by atoms with E-state index in [2.05, 4.69) is 20.9 Å². The molecule has 1 N–H and O–H groups in total. The molecule has 5 heteroatoms. The number of rotatable bonds is 3. The number of imidazole rings is 1. The van der Waals surface area contributed by atoms with Gasteiger partial charge in [0.15, 0.2) is 0 Å². The Labute approximate surface area is 113 Å². The molecule has 0 bridgehead atoms. The average Bonchev–Trinajstić information content (AvgIpc) is 2.59. The van der Waals surface area contributed by atoms with Crippen molar-refractivity contribution in [2.24, 2.45) is 7.05 Å². The molecule has 1 aromatic carbocycles. The fraction of sp³-hybridized carbons (Fsp3) is 0.308. The van der Waals surface area contributed by atoms with Crippen LogP contribution >= 0.6 is 15.9 Å². The number of hydrogen-bond acceptors (Lipinski definition) is 2. The number of aromatic nitrogens is 2. The van der Waals surface area contributed by atoms with E-state index in [9.17, 15) is 4.39 Å². The molecule has 0 amide bonds. The molecule has 3 nitrogen and oxygen atoms in total. The highest BCUT2D eigenvalue weighted by molar-refractivity contribution is 9.10. The number of aliphatic hydroxyl groups excluding tert-OH is 1. The highest BCUT2D eigenvalue weighted by Gasteiger charge is 2.16. The first-order valence-corrected chi connectivity index (χ1v) is 6.42. The van der Waals surface area contributed by atoms with Crippen LogP contribution in [0.5, 0.6) is 0 Å². The van der Waals surface area contributed by atoms with E-state index in [4.69, 9.17) is 5.11 Å². The van der Waals surface area contributed by atoms with Crippen LogP contribution < -0.4 is 0 Å². The normalized spacial score (nSPS) is 10.9. The molecule has 2 rings (SSSR count). The third kappa shape index (κ3) is 2.33. The molecule has 0 radical (unpaired) electrons. The van der Waals surface area contributed by atoms with E-state index >= 15 is 0 Å². The topological polar surface area (TPSA) is 38.1 Å². The Kier molecular flexibility index (Phi) is 3.82. The standard InChI is InChI=1S/C13H14BrFN2O/c1-8-13(17(2)12(16-8)5-6-18)10-7-9(14)3-4-11(10)15/h3-4,7,18H,5-6H2,1-2H3. The Morgan fingerprint density at radius 2 is 2.17 bits per heavy atom. The fourth-order valence-corrected chi connectivity index (χ4v) is 2.43. The predicted molar refractivity (Wildman–Crippen MR) is 71.8 cm³/mol. The molecule has 0 saturated carbocycles. The first-order chi connectivity index (χ1) is 8.54. The first-order valence-electron chi connectivity index (χ1n) is 5.63. The molecule has 0 saturated heterocycles. The maximum Gasteiger partial charge on any atom is 0.132 e. The van der Waals surface area contributed by atoms with Gasteiger partial charge in [0, 0.05) is 23.5 Å². The summed E-state index contributed by atoms with van der Waals surface area (Å²) in [5.41, 5.74) is 2.02.